The summed E-state index contributed by atoms with van der Waals surface area (Å²) >= 11 is 0. The van der Waals surface area contributed by atoms with Gasteiger partial charge in [-0.05, 0) is 55.0 Å². The van der Waals surface area contributed by atoms with Crippen LogP contribution in [-0.4, -0.2) is 54.2 Å². The standard InChI is InChI=1S/C25H25N5O3/c1-28-13-26-20-8-15(6-7-18(20)25(28)33)24(32)29-11-16-9-22(23(31)10-17(16)12-29)30-14-27-19-4-2-3-5-21(19)30/h2-8,13-14,16-17,22-23,31H,9-12H2,1H3/t16-,17+,22-,23-/m1/s1. The van der Waals surface area contributed by atoms with Gasteiger partial charge in [0.05, 0.1) is 46.7 Å². The van der Waals surface area contributed by atoms with Crippen LogP contribution in [0.15, 0.2) is 59.9 Å². The number of nitrogens with zero attached hydrogens (tertiary/aromatic N) is 5. The first-order chi connectivity index (χ1) is 16.0. The Hall–Kier alpha value is -3.52. The highest BCUT2D eigenvalue weighted by Crippen LogP contribution is 2.42. The molecule has 8 heteroatoms. The van der Waals surface area contributed by atoms with Gasteiger partial charge in [-0.1, -0.05) is 12.1 Å². The predicted molar refractivity (Wildman–Crippen MR) is 124 cm³/mol. The molecule has 0 radical (unpaired) electrons. The second kappa shape index (κ2) is 7.52. The minimum absolute atomic E-state index is 0.0465. The second-order valence-electron chi connectivity index (χ2n) is 9.37. The molecule has 33 heavy (non-hydrogen) atoms. The lowest BCUT2D eigenvalue weighted by Crippen LogP contribution is -2.36. The summed E-state index contributed by atoms with van der Waals surface area (Å²) in [5.74, 6) is 0.558. The van der Waals surface area contributed by atoms with Gasteiger partial charge in [-0.15, -0.1) is 0 Å². The number of para-hydroxylation sites is 2. The molecule has 1 N–H and O–H groups in total. The van der Waals surface area contributed by atoms with Crippen LogP contribution in [0.4, 0.5) is 0 Å². The molecule has 0 bridgehead atoms. The Morgan fingerprint density at radius 2 is 1.76 bits per heavy atom. The number of benzene rings is 2. The van der Waals surface area contributed by atoms with Gasteiger partial charge in [0.1, 0.15) is 0 Å². The molecule has 2 aromatic heterocycles. The third kappa shape index (κ3) is 3.24. The first kappa shape index (κ1) is 20.1. The molecular weight excluding hydrogens is 418 g/mol. The third-order valence-electron chi connectivity index (χ3n) is 7.40. The van der Waals surface area contributed by atoms with Crippen molar-refractivity contribution >= 4 is 27.8 Å². The van der Waals surface area contributed by atoms with Crippen LogP contribution in [0.25, 0.3) is 21.9 Å². The molecule has 2 aromatic carbocycles. The Morgan fingerprint density at radius 3 is 2.61 bits per heavy atom. The van der Waals surface area contributed by atoms with E-state index in [1.54, 1.807) is 25.2 Å². The van der Waals surface area contributed by atoms with E-state index >= 15 is 0 Å². The Kier molecular flexibility index (Phi) is 4.58. The predicted octanol–water partition coefficient (Wildman–Crippen LogP) is 2.37. The summed E-state index contributed by atoms with van der Waals surface area (Å²) in [5, 5.41) is 11.5. The van der Waals surface area contributed by atoms with Gasteiger partial charge in [-0.3, -0.25) is 9.59 Å². The molecule has 6 rings (SSSR count). The van der Waals surface area contributed by atoms with Crippen molar-refractivity contribution in [3.8, 4) is 0 Å². The molecule has 0 spiro atoms. The van der Waals surface area contributed by atoms with Gasteiger partial charge in [0.25, 0.3) is 11.5 Å². The number of carbonyl (C=O) groups excluding carboxylic acids is 1. The largest absolute Gasteiger partial charge is 0.391 e. The molecule has 1 aliphatic heterocycles. The van der Waals surface area contributed by atoms with Crippen molar-refractivity contribution in [3.05, 3.63) is 71.0 Å². The molecule has 8 nitrogen and oxygen atoms in total. The van der Waals surface area contributed by atoms with Crippen LogP contribution in [0, 0.1) is 11.8 Å². The van der Waals surface area contributed by atoms with Crippen molar-refractivity contribution < 1.29 is 9.90 Å². The zero-order chi connectivity index (χ0) is 22.7. The summed E-state index contributed by atoms with van der Waals surface area (Å²) in [7, 11) is 1.66. The normalized spacial score (nSPS) is 25.0. The molecule has 1 amide bonds. The fourth-order valence-corrected chi connectivity index (χ4v) is 5.64. The van der Waals surface area contributed by atoms with Crippen LogP contribution >= 0.6 is 0 Å². The molecule has 4 aromatic rings. The number of aliphatic hydroxyl groups is 1. The number of hydrogen-bond donors (Lipinski definition) is 1. The van der Waals surface area contributed by atoms with Gasteiger partial charge in [0, 0.05) is 25.7 Å². The SMILES string of the molecule is Cn1cnc2cc(C(=O)N3C[C@H]4C[C@@H](n5cnc6ccccc65)[C@H](O)C[C@H]4C3)ccc2c1=O. The van der Waals surface area contributed by atoms with Crippen LogP contribution in [-0.2, 0) is 7.05 Å². The van der Waals surface area contributed by atoms with Crippen molar-refractivity contribution in [3.63, 3.8) is 0 Å². The number of fused-ring (bicyclic) bond motifs is 3. The Morgan fingerprint density at radius 1 is 1.00 bits per heavy atom. The Balaban J connectivity index is 1.24. The molecule has 1 saturated carbocycles. The zero-order valence-corrected chi connectivity index (χ0v) is 18.3. The van der Waals surface area contributed by atoms with Crippen molar-refractivity contribution in [1.82, 2.24) is 24.0 Å². The molecule has 2 aliphatic rings. The Labute approximate surface area is 190 Å². The van der Waals surface area contributed by atoms with Gasteiger partial charge in [-0.25, -0.2) is 9.97 Å². The number of amides is 1. The highest BCUT2D eigenvalue weighted by Gasteiger charge is 2.44. The minimum Gasteiger partial charge on any atom is -0.391 e. The van der Waals surface area contributed by atoms with Crippen molar-refractivity contribution in [2.24, 2.45) is 18.9 Å². The third-order valence-corrected chi connectivity index (χ3v) is 7.40. The lowest BCUT2D eigenvalue weighted by molar-refractivity contribution is 0.0374. The smallest absolute Gasteiger partial charge is 0.260 e. The molecule has 0 unspecified atom stereocenters. The quantitative estimate of drug-likeness (QED) is 0.513. The molecule has 3 heterocycles. The number of aromatic nitrogens is 4. The fourth-order valence-electron chi connectivity index (χ4n) is 5.64. The fraction of sp³-hybridized carbons (Fsp3) is 0.360. The molecule has 4 atom stereocenters. The molecular formula is C25H25N5O3. The van der Waals surface area contributed by atoms with Crippen LogP contribution in [0.5, 0.6) is 0 Å². The first-order valence-corrected chi connectivity index (χ1v) is 11.3. The number of likely N-dealkylation sites (tertiary alicyclic amines) is 1. The monoisotopic (exact) mass is 443 g/mol. The van der Waals surface area contributed by atoms with Gasteiger partial charge >= 0.3 is 0 Å². The average molecular weight is 444 g/mol. The number of aliphatic hydroxyl groups excluding tert-OH is 1. The van der Waals surface area contributed by atoms with Gasteiger partial charge < -0.3 is 19.1 Å². The summed E-state index contributed by atoms with van der Waals surface area (Å²) in [6.45, 7) is 1.31. The molecule has 168 valence electrons. The van der Waals surface area contributed by atoms with E-state index in [1.807, 2.05) is 35.5 Å². The summed E-state index contributed by atoms with van der Waals surface area (Å²) in [5.41, 5.74) is 2.90. The van der Waals surface area contributed by atoms with Crippen LogP contribution in [0.2, 0.25) is 0 Å². The van der Waals surface area contributed by atoms with E-state index in [0.29, 0.717) is 41.9 Å². The number of rotatable bonds is 2. The van der Waals surface area contributed by atoms with E-state index in [4.69, 9.17) is 0 Å². The van der Waals surface area contributed by atoms with Crippen LogP contribution < -0.4 is 5.56 Å². The number of aryl methyl sites for hydroxylation is 1. The van der Waals surface area contributed by atoms with Crippen LogP contribution in [0.1, 0.15) is 29.2 Å². The average Bonchev–Trinajstić information content (AvgIpc) is 3.44. The molecule has 1 saturated heterocycles. The van der Waals surface area contributed by atoms with E-state index in [2.05, 4.69) is 14.5 Å². The maximum atomic E-state index is 13.3. The number of imidazole rings is 1. The van der Waals surface area contributed by atoms with Gasteiger partial charge in [-0.2, -0.15) is 0 Å². The van der Waals surface area contributed by atoms with Crippen molar-refractivity contribution in [2.45, 2.75) is 25.0 Å². The maximum Gasteiger partial charge on any atom is 0.260 e. The van der Waals surface area contributed by atoms with E-state index in [1.165, 1.54) is 10.9 Å². The summed E-state index contributed by atoms with van der Waals surface area (Å²) in [4.78, 5) is 36.2. The summed E-state index contributed by atoms with van der Waals surface area (Å²) in [6.07, 6.45) is 4.31. The summed E-state index contributed by atoms with van der Waals surface area (Å²) < 4.78 is 3.52. The number of hydrogen-bond acceptors (Lipinski definition) is 5. The maximum absolute atomic E-state index is 13.3. The zero-order valence-electron chi connectivity index (χ0n) is 18.3. The van der Waals surface area contributed by atoms with E-state index < -0.39 is 6.10 Å². The topological polar surface area (TPSA) is 93.2 Å². The minimum atomic E-state index is -0.472. The highest BCUT2D eigenvalue weighted by molar-refractivity contribution is 5.97. The van der Waals surface area contributed by atoms with E-state index in [0.717, 1.165) is 17.5 Å². The molecule has 2 fully saturated rings. The Bertz CT molecular complexity index is 1440. The van der Waals surface area contributed by atoms with Crippen molar-refractivity contribution in [1.29, 1.82) is 0 Å². The first-order valence-electron chi connectivity index (χ1n) is 11.3. The molecule has 1 aliphatic carbocycles. The van der Waals surface area contributed by atoms with Crippen LogP contribution in [0.3, 0.4) is 0 Å². The van der Waals surface area contributed by atoms with E-state index in [-0.39, 0.29) is 23.4 Å². The summed E-state index contributed by atoms with van der Waals surface area (Å²) in [6, 6.07) is 13.0. The second-order valence-corrected chi connectivity index (χ2v) is 9.37. The van der Waals surface area contributed by atoms with Gasteiger partial charge in [0.2, 0.25) is 0 Å². The van der Waals surface area contributed by atoms with Crippen molar-refractivity contribution in [2.75, 3.05) is 13.1 Å². The van der Waals surface area contributed by atoms with E-state index in [9.17, 15) is 14.7 Å². The lowest BCUT2D eigenvalue weighted by atomic mass is 9.77. The lowest BCUT2D eigenvalue weighted by Gasteiger charge is -2.36. The highest BCUT2D eigenvalue weighted by atomic mass is 16.3. The van der Waals surface area contributed by atoms with Gasteiger partial charge in [0.15, 0.2) is 0 Å². The number of carbonyl (C=O) groups is 1.